The predicted octanol–water partition coefficient (Wildman–Crippen LogP) is 4.61. The van der Waals surface area contributed by atoms with Gasteiger partial charge in [-0.15, -0.1) is 11.3 Å². The molecule has 0 aliphatic heterocycles. The first-order valence-electron chi connectivity index (χ1n) is 5.18. The summed E-state index contributed by atoms with van der Waals surface area (Å²) in [6.07, 6.45) is 6.06. The normalized spacial score (nSPS) is 10.3. The van der Waals surface area contributed by atoms with Gasteiger partial charge in [0.25, 0.3) is 0 Å². The molecule has 1 aromatic heterocycles. The third-order valence-corrected chi connectivity index (χ3v) is 3.19. The third kappa shape index (κ3) is 5.19. The van der Waals surface area contributed by atoms with E-state index in [9.17, 15) is 4.79 Å². The van der Waals surface area contributed by atoms with Crippen LogP contribution in [0.15, 0.2) is 12.1 Å². The Morgan fingerprint density at radius 1 is 1.40 bits per heavy atom. The number of carbonyl (C=O) groups excluding carboxylic acids is 1. The van der Waals surface area contributed by atoms with Crippen molar-refractivity contribution < 1.29 is 9.53 Å². The summed E-state index contributed by atoms with van der Waals surface area (Å²) in [4.78, 5) is 11.7. The molecule has 0 spiro atoms. The molecular weight excluding hydrogens is 232 g/mol. The van der Waals surface area contributed by atoms with Gasteiger partial charge in [-0.3, -0.25) is 0 Å². The number of halogens is 1. The maximum atomic E-state index is 10.5. The monoisotopic (exact) mass is 246 g/mol. The first-order chi connectivity index (χ1) is 7.22. The lowest BCUT2D eigenvalue weighted by atomic mass is 10.1. The van der Waals surface area contributed by atoms with Crippen molar-refractivity contribution in [2.45, 2.75) is 39.0 Å². The zero-order chi connectivity index (χ0) is 11.1. The quantitative estimate of drug-likeness (QED) is 0.541. The van der Waals surface area contributed by atoms with Gasteiger partial charge in [-0.2, -0.15) is 0 Å². The molecule has 1 heterocycles. The Labute approximate surface area is 99.2 Å². The number of ether oxygens (including phenoxy) is 1. The molecule has 0 N–H and O–H groups in total. The smallest absolute Gasteiger partial charge is 0.403 e. The fourth-order valence-corrected chi connectivity index (χ4v) is 2.38. The average molecular weight is 247 g/mol. The molecule has 1 aromatic rings. The highest BCUT2D eigenvalue weighted by Gasteiger charge is 2.04. The highest BCUT2D eigenvalue weighted by Crippen LogP contribution is 2.26. The fourth-order valence-electron chi connectivity index (χ4n) is 1.35. The van der Waals surface area contributed by atoms with Crippen LogP contribution in [-0.4, -0.2) is 5.43 Å². The molecule has 0 bridgehead atoms. The van der Waals surface area contributed by atoms with Crippen molar-refractivity contribution in [3.05, 3.63) is 17.0 Å². The Morgan fingerprint density at radius 2 is 2.20 bits per heavy atom. The summed E-state index contributed by atoms with van der Waals surface area (Å²) in [6, 6.07) is 3.78. The molecule has 0 fully saturated rings. The molecule has 0 unspecified atom stereocenters. The van der Waals surface area contributed by atoms with Gasteiger partial charge in [0.2, 0.25) is 0 Å². The Morgan fingerprint density at radius 3 is 2.87 bits per heavy atom. The Hall–Kier alpha value is -0.540. The Kier molecular flexibility index (Phi) is 5.73. The number of rotatable bonds is 6. The molecule has 0 amide bonds. The number of hydrogen-bond acceptors (Lipinski definition) is 3. The van der Waals surface area contributed by atoms with E-state index in [0.29, 0.717) is 5.06 Å². The SMILES string of the molecule is CCCCCCc1ccc(OC(=O)Cl)s1. The minimum Gasteiger partial charge on any atom is -0.403 e. The second kappa shape index (κ2) is 6.85. The van der Waals surface area contributed by atoms with Gasteiger partial charge < -0.3 is 4.74 Å². The Bertz CT molecular complexity index is 309. The van der Waals surface area contributed by atoms with E-state index in [1.165, 1.54) is 41.9 Å². The van der Waals surface area contributed by atoms with Crippen molar-refractivity contribution in [1.82, 2.24) is 0 Å². The largest absolute Gasteiger partial charge is 0.409 e. The molecule has 0 aromatic carbocycles. The zero-order valence-electron chi connectivity index (χ0n) is 8.79. The minimum atomic E-state index is -0.769. The maximum absolute atomic E-state index is 10.5. The molecule has 15 heavy (non-hydrogen) atoms. The van der Waals surface area contributed by atoms with Gasteiger partial charge in [-0.25, -0.2) is 4.79 Å². The summed E-state index contributed by atoms with van der Waals surface area (Å²) < 4.78 is 4.77. The van der Waals surface area contributed by atoms with Crippen molar-refractivity contribution >= 4 is 28.4 Å². The van der Waals surface area contributed by atoms with E-state index in [2.05, 4.69) is 6.92 Å². The van der Waals surface area contributed by atoms with Crippen LogP contribution in [0, 0.1) is 0 Å². The van der Waals surface area contributed by atoms with E-state index in [4.69, 9.17) is 16.3 Å². The number of carbonyl (C=O) groups is 1. The molecule has 0 saturated carbocycles. The van der Waals surface area contributed by atoms with Crippen molar-refractivity contribution in [3.8, 4) is 5.06 Å². The first-order valence-corrected chi connectivity index (χ1v) is 6.38. The van der Waals surface area contributed by atoms with Crippen molar-refractivity contribution in [2.75, 3.05) is 0 Å². The summed E-state index contributed by atoms with van der Waals surface area (Å²) in [5.74, 6) is 0. The van der Waals surface area contributed by atoms with Crippen molar-refractivity contribution in [2.24, 2.45) is 0 Å². The van der Waals surface area contributed by atoms with Gasteiger partial charge in [0, 0.05) is 16.5 Å². The van der Waals surface area contributed by atoms with Gasteiger partial charge in [-0.1, -0.05) is 26.2 Å². The molecule has 1 rings (SSSR count). The zero-order valence-corrected chi connectivity index (χ0v) is 10.4. The first kappa shape index (κ1) is 12.5. The summed E-state index contributed by atoms with van der Waals surface area (Å²) in [5.41, 5.74) is -0.769. The van der Waals surface area contributed by atoms with Crippen molar-refractivity contribution in [3.63, 3.8) is 0 Å². The summed E-state index contributed by atoms with van der Waals surface area (Å²) in [5, 5.41) is 0.584. The van der Waals surface area contributed by atoms with Crippen LogP contribution in [0.1, 0.15) is 37.5 Å². The van der Waals surface area contributed by atoms with E-state index >= 15 is 0 Å². The lowest BCUT2D eigenvalue weighted by Gasteiger charge is -1.96. The molecule has 84 valence electrons. The molecule has 0 saturated heterocycles. The molecule has 0 aliphatic rings. The summed E-state index contributed by atoms with van der Waals surface area (Å²) in [7, 11) is 0. The van der Waals surface area contributed by atoms with E-state index < -0.39 is 5.43 Å². The highest BCUT2D eigenvalue weighted by molar-refractivity contribution is 7.13. The molecular formula is C11H15ClO2S. The molecule has 2 nitrogen and oxygen atoms in total. The number of aryl methyl sites for hydroxylation is 1. The van der Waals surface area contributed by atoms with Gasteiger partial charge in [0.05, 0.1) is 0 Å². The van der Waals surface area contributed by atoms with E-state index in [1.807, 2.05) is 6.07 Å². The summed E-state index contributed by atoms with van der Waals surface area (Å²) in [6.45, 7) is 2.20. The van der Waals surface area contributed by atoms with Gasteiger partial charge in [0.15, 0.2) is 5.06 Å². The van der Waals surface area contributed by atoms with Crippen LogP contribution in [0.4, 0.5) is 4.79 Å². The van der Waals surface area contributed by atoms with Crippen LogP contribution in [0.5, 0.6) is 5.06 Å². The lowest BCUT2D eigenvalue weighted by Crippen LogP contribution is -1.92. The number of thiophene rings is 1. The maximum Gasteiger partial charge on any atom is 0.409 e. The van der Waals surface area contributed by atoms with Crippen molar-refractivity contribution in [1.29, 1.82) is 0 Å². The van der Waals surface area contributed by atoms with Crippen LogP contribution in [0.2, 0.25) is 0 Å². The van der Waals surface area contributed by atoms with Gasteiger partial charge in [-0.05, 0) is 25.0 Å². The van der Waals surface area contributed by atoms with E-state index in [1.54, 1.807) is 6.07 Å². The van der Waals surface area contributed by atoms with Crippen LogP contribution in [0.25, 0.3) is 0 Å². The predicted molar refractivity (Wildman–Crippen MR) is 64.0 cm³/mol. The topological polar surface area (TPSA) is 26.3 Å². The van der Waals surface area contributed by atoms with E-state index in [-0.39, 0.29) is 0 Å². The van der Waals surface area contributed by atoms with Crippen LogP contribution in [0.3, 0.4) is 0 Å². The van der Waals surface area contributed by atoms with Gasteiger partial charge >= 0.3 is 5.43 Å². The van der Waals surface area contributed by atoms with Crippen LogP contribution in [-0.2, 0) is 6.42 Å². The third-order valence-electron chi connectivity index (χ3n) is 2.09. The molecule has 0 radical (unpaired) electrons. The second-order valence-corrected chi connectivity index (χ2v) is 4.81. The number of hydrogen-bond donors (Lipinski definition) is 0. The standard InChI is InChI=1S/C11H15ClO2S/c1-2-3-4-5-6-9-7-8-10(15-9)14-11(12)13/h7-8H,2-6H2,1H3. The molecule has 0 atom stereocenters. The van der Waals surface area contributed by atoms with Crippen LogP contribution >= 0.6 is 22.9 Å². The molecule has 0 aliphatic carbocycles. The van der Waals surface area contributed by atoms with Gasteiger partial charge in [0.1, 0.15) is 0 Å². The van der Waals surface area contributed by atoms with Crippen LogP contribution < -0.4 is 4.74 Å². The highest BCUT2D eigenvalue weighted by atomic mass is 35.5. The number of unbranched alkanes of at least 4 members (excludes halogenated alkanes) is 3. The fraction of sp³-hybridized carbons (Fsp3) is 0.545. The Balaban J connectivity index is 2.29. The minimum absolute atomic E-state index is 0.584. The lowest BCUT2D eigenvalue weighted by molar-refractivity contribution is 0.227. The summed E-state index contributed by atoms with van der Waals surface area (Å²) >= 11 is 6.60. The molecule has 4 heteroatoms. The second-order valence-electron chi connectivity index (χ2n) is 3.37. The van der Waals surface area contributed by atoms with E-state index in [0.717, 1.165) is 6.42 Å². The average Bonchev–Trinajstić information content (AvgIpc) is 2.59.